The average Bonchev–Trinajstić information content (AvgIpc) is 3.21. The molecule has 0 radical (unpaired) electrons. The van der Waals surface area contributed by atoms with Crippen LogP contribution in [0.1, 0.15) is 24.0 Å². The Balaban J connectivity index is 1.66. The van der Waals surface area contributed by atoms with Crippen molar-refractivity contribution in [1.82, 2.24) is 4.90 Å². The Labute approximate surface area is 155 Å². The number of benzene rings is 2. The summed E-state index contributed by atoms with van der Waals surface area (Å²) in [5, 5.41) is 9.37. The first-order valence-corrected chi connectivity index (χ1v) is 8.50. The van der Waals surface area contributed by atoms with E-state index >= 15 is 0 Å². The number of imide groups is 1. The van der Waals surface area contributed by atoms with E-state index in [1.54, 1.807) is 48.5 Å². The number of ether oxygens (including phenoxy) is 2. The molecule has 2 aromatic carbocycles. The van der Waals surface area contributed by atoms with Gasteiger partial charge in [0.2, 0.25) is 18.6 Å². The zero-order valence-electron chi connectivity index (χ0n) is 14.4. The second kappa shape index (κ2) is 6.42. The van der Waals surface area contributed by atoms with Gasteiger partial charge >= 0.3 is 5.97 Å². The number of hydrogen-bond donors (Lipinski definition) is 1. The van der Waals surface area contributed by atoms with E-state index in [1.807, 2.05) is 0 Å². The van der Waals surface area contributed by atoms with Crippen molar-refractivity contribution in [1.29, 1.82) is 0 Å². The lowest BCUT2D eigenvalue weighted by molar-refractivity contribution is -0.145. The molecule has 1 atom stereocenters. The van der Waals surface area contributed by atoms with Crippen LogP contribution in [0.15, 0.2) is 48.5 Å². The number of amides is 2. The first-order chi connectivity index (χ1) is 13.0. The zero-order valence-corrected chi connectivity index (χ0v) is 14.4. The number of fused-ring (bicyclic) bond motifs is 1. The number of nitrogens with zero attached hydrogens (tertiary/aromatic N) is 1. The van der Waals surface area contributed by atoms with E-state index in [-0.39, 0.29) is 25.7 Å². The maximum absolute atomic E-state index is 13.2. The van der Waals surface area contributed by atoms with Gasteiger partial charge in [0.15, 0.2) is 11.5 Å². The lowest BCUT2D eigenvalue weighted by Gasteiger charge is -2.25. The van der Waals surface area contributed by atoms with Gasteiger partial charge < -0.3 is 14.6 Å². The van der Waals surface area contributed by atoms with E-state index in [9.17, 15) is 19.5 Å². The molecule has 0 aliphatic carbocycles. The van der Waals surface area contributed by atoms with Crippen molar-refractivity contribution in [2.45, 2.75) is 24.8 Å². The zero-order chi connectivity index (χ0) is 19.0. The van der Waals surface area contributed by atoms with Gasteiger partial charge in [0.25, 0.3) is 0 Å². The summed E-state index contributed by atoms with van der Waals surface area (Å²) in [5.41, 5.74) is -0.125. The predicted molar refractivity (Wildman–Crippen MR) is 93.1 cm³/mol. The van der Waals surface area contributed by atoms with Crippen LogP contribution in [0, 0.1) is 0 Å². The highest BCUT2D eigenvalue weighted by molar-refractivity contribution is 6.10. The van der Waals surface area contributed by atoms with Crippen molar-refractivity contribution in [3.05, 3.63) is 59.7 Å². The van der Waals surface area contributed by atoms with Crippen molar-refractivity contribution >= 4 is 17.8 Å². The van der Waals surface area contributed by atoms with Crippen LogP contribution >= 0.6 is 0 Å². The minimum absolute atomic E-state index is 0.0580. The van der Waals surface area contributed by atoms with Crippen LogP contribution < -0.4 is 9.47 Å². The van der Waals surface area contributed by atoms with Gasteiger partial charge in [-0.3, -0.25) is 19.3 Å². The molecule has 1 fully saturated rings. The number of aliphatic carboxylic acids is 1. The van der Waals surface area contributed by atoms with Gasteiger partial charge in [-0.2, -0.15) is 0 Å². The monoisotopic (exact) mass is 367 g/mol. The maximum Gasteiger partial charge on any atom is 0.304 e. The summed E-state index contributed by atoms with van der Waals surface area (Å²) in [6.07, 6.45) is -0.591. The third-order valence-electron chi connectivity index (χ3n) is 4.97. The molecule has 2 aromatic rings. The standard InChI is InChI=1S/C20H17NO6/c22-17-9-20(10-18(23)24,14-4-2-1-3-5-14)19(25)21(17)11-13-6-7-15-16(8-13)27-12-26-15/h1-8H,9-12H2,(H,23,24)/t20-/m1/s1. The fraction of sp³-hybridized carbons (Fsp3) is 0.250. The molecular weight excluding hydrogens is 350 g/mol. The molecule has 2 amide bonds. The Morgan fingerprint density at radius 2 is 1.81 bits per heavy atom. The Morgan fingerprint density at radius 1 is 1.07 bits per heavy atom. The molecule has 2 heterocycles. The van der Waals surface area contributed by atoms with Gasteiger partial charge in [0, 0.05) is 6.42 Å². The van der Waals surface area contributed by atoms with Crippen molar-refractivity contribution in [3.8, 4) is 11.5 Å². The van der Waals surface area contributed by atoms with Gasteiger partial charge in [-0.25, -0.2) is 0 Å². The number of carboxylic acids is 1. The second-order valence-corrected chi connectivity index (χ2v) is 6.67. The highest BCUT2D eigenvalue weighted by Gasteiger charge is 2.53. The molecule has 7 heteroatoms. The highest BCUT2D eigenvalue weighted by Crippen LogP contribution is 2.41. The van der Waals surface area contributed by atoms with Crippen LogP contribution in [0.25, 0.3) is 0 Å². The Bertz CT molecular complexity index is 925. The highest BCUT2D eigenvalue weighted by atomic mass is 16.7. The molecule has 7 nitrogen and oxygen atoms in total. The summed E-state index contributed by atoms with van der Waals surface area (Å²) < 4.78 is 10.6. The molecule has 0 bridgehead atoms. The lowest BCUT2D eigenvalue weighted by atomic mass is 9.76. The number of hydrogen-bond acceptors (Lipinski definition) is 5. The Morgan fingerprint density at radius 3 is 2.56 bits per heavy atom. The van der Waals surface area contributed by atoms with Crippen LogP contribution in [0.4, 0.5) is 0 Å². The van der Waals surface area contributed by atoms with Crippen LogP contribution in [0.5, 0.6) is 11.5 Å². The maximum atomic E-state index is 13.2. The number of carboxylic acid groups (broad SMARTS) is 1. The average molecular weight is 367 g/mol. The van der Waals surface area contributed by atoms with Gasteiger partial charge in [-0.1, -0.05) is 36.4 Å². The molecule has 0 saturated carbocycles. The fourth-order valence-electron chi connectivity index (χ4n) is 3.66. The fourth-order valence-corrected chi connectivity index (χ4v) is 3.66. The molecule has 4 rings (SSSR count). The van der Waals surface area contributed by atoms with Crippen molar-refractivity contribution in [3.63, 3.8) is 0 Å². The molecule has 1 N–H and O–H groups in total. The van der Waals surface area contributed by atoms with E-state index in [1.165, 1.54) is 0 Å². The third kappa shape index (κ3) is 2.91. The van der Waals surface area contributed by atoms with Crippen LogP contribution in [-0.2, 0) is 26.3 Å². The first-order valence-electron chi connectivity index (χ1n) is 8.50. The number of carbonyl (C=O) groups excluding carboxylic acids is 2. The molecule has 2 aliphatic heterocycles. The van der Waals surface area contributed by atoms with Gasteiger partial charge in [0.1, 0.15) is 0 Å². The van der Waals surface area contributed by atoms with E-state index in [4.69, 9.17) is 9.47 Å². The van der Waals surface area contributed by atoms with Gasteiger partial charge in [-0.15, -0.1) is 0 Å². The number of carbonyl (C=O) groups is 3. The minimum atomic E-state index is -1.37. The van der Waals surface area contributed by atoms with E-state index in [2.05, 4.69) is 0 Å². The van der Waals surface area contributed by atoms with Crippen molar-refractivity contribution < 1.29 is 29.0 Å². The molecule has 0 spiro atoms. The summed E-state index contributed by atoms with van der Waals surface area (Å²) in [6, 6.07) is 13.8. The summed E-state index contributed by atoms with van der Waals surface area (Å²) in [5.74, 6) is -0.819. The minimum Gasteiger partial charge on any atom is -0.481 e. The second-order valence-electron chi connectivity index (χ2n) is 6.67. The summed E-state index contributed by atoms with van der Waals surface area (Å²) in [6.45, 7) is 0.193. The van der Waals surface area contributed by atoms with Crippen molar-refractivity contribution in [2.75, 3.05) is 6.79 Å². The summed E-state index contributed by atoms with van der Waals surface area (Å²) >= 11 is 0. The van der Waals surface area contributed by atoms with Gasteiger partial charge in [-0.05, 0) is 23.3 Å². The summed E-state index contributed by atoms with van der Waals surface area (Å²) in [7, 11) is 0. The smallest absolute Gasteiger partial charge is 0.304 e. The summed E-state index contributed by atoms with van der Waals surface area (Å²) in [4.78, 5) is 38.4. The Hall–Kier alpha value is -3.35. The molecule has 1 saturated heterocycles. The molecule has 138 valence electrons. The third-order valence-corrected chi connectivity index (χ3v) is 4.97. The molecule has 0 unspecified atom stereocenters. The van der Waals surface area contributed by atoms with Crippen LogP contribution in [-0.4, -0.2) is 34.6 Å². The number of rotatable bonds is 5. The topological polar surface area (TPSA) is 93.1 Å². The SMILES string of the molecule is O=C(O)C[C@@]1(c2ccccc2)CC(=O)N(Cc2ccc3c(c2)OCO3)C1=O. The van der Waals surface area contributed by atoms with Crippen LogP contribution in [0.2, 0.25) is 0 Å². The van der Waals surface area contributed by atoms with E-state index < -0.39 is 23.7 Å². The van der Waals surface area contributed by atoms with E-state index in [0.29, 0.717) is 22.6 Å². The Kier molecular flexibility index (Phi) is 4.07. The van der Waals surface area contributed by atoms with Crippen LogP contribution in [0.3, 0.4) is 0 Å². The molecule has 27 heavy (non-hydrogen) atoms. The largest absolute Gasteiger partial charge is 0.481 e. The van der Waals surface area contributed by atoms with Gasteiger partial charge in [0.05, 0.1) is 18.4 Å². The number of likely N-dealkylation sites (tertiary alicyclic amines) is 1. The van der Waals surface area contributed by atoms with E-state index in [0.717, 1.165) is 4.90 Å². The lowest BCUT2D eigenvalue weighted by Crippen LogP contribution is -2.39. The molecular formula is C20H17NO6. The molecule has 0 aromatic heterocycles. The predicted octanol–water partition coefficient (Wildman–Crippen LogP) is 2.09. The van der Waals surface area contributed by atoms with Crippen molar-refractivity contribution in [2.24, 2.45) is 0 Å². The quantitative estimate of drug-likeness (QED) is 0.814. The normalized spacial score (nSPS) is 21.0. The first kappa shape index (κ1) is 17.1. The molecule has 2 aliphatic rings.